The van der Waals surface area contributed by atoms with E-state index in [2.05, 4.69) is 4.90 Å². The maximum atomic E-state index is 13.1. The Morgan fingerprint density at radius 3 is 2.52 bits per heavy atom. The number of rotatable bonds is 7. The fraction of sp³-hybridized carbons (Fsp3) is 0.360. The first-order chi connectivity index (χ1) is 16.0. The lowest BCUT2D eigenvalue weighted by atomic mass is 9.95. The number of ketones is 1. The van der Waals surface area contributed by atoms with Gasteiger partial charge in [-0.25, -0.2) is 0 Å². The normalized spacial score (nSPS) is 20.9. The van der Waals surface area contributed by atoms with E-state index in [0.29, 0.717) is 42.5 Å². The first kappa shape index (κ1) is 23.3. The topological polar surface area (TPSA) is 79.3 Å². The molecular formula is C25H27ClN2O5. The largest absolute Gasteiger partial charge is 0.507 e. The predicted octanol–water partition coefficient (Wildman–Crippen LogP) is 3.49. The highest BCUT2D eigenvalue weighted by atomic mass is 35.5. The highest BCUT2D eigenvalue weighted by Gasteiger charge is 2.45. The minimum Gasteiger partial charge on any atom is -0.507 e. The van der Waals surface area contributed by atoms with Gasteiger partial charge in [-0.1, -0.05) is 41.9 Å². The van der Waals surface area contributed by atoms with E-state index in [1.54, 1.807) is 17.0 Å². The highest BCUT2D eigenvalue weighted by Crippen LogP contribution is 2.40. The Morgan fingerprint density at radius 1 is 1.12 bits per heavy atom. The van der Waals surface area contributed by atoms with Crippen molar-refractivity contribution in [1.82, 2.24) is 9.80 Å². The molecule has 2 aliphatic heterocycles. The summed E-state index contributed by atoms with van der Waals surface area (Å²) >= 11 is 6.24. The number of carbonyl (C=O) groups is 2. The smallest absolute Gasteiger partial charge is 0.295 e. The first-order valence-corrected chi connectivity index (χ1v) is 11.4. The van der Waals surface area contributed by atoms with Crippen molar-refractivity contribution in [3.8, 4) is 5.75 Å². The lowest BCUT2D eigenvalue weighted by Crippen LogP contribution is -2.38. The number of Topliss-reactive ketones (excluding diaryl/α,β-unsaturated/α-hetero) is 1. The number of hydrogen-bond donors (Lipinski definition) is 1. The van der Waals surface area contributed by atoms with Gasteiger partial charge in [0.15, 0.2) is 0 Å². The molecule has 0 radical (unpaired) electrons. The zero-order valence-electron chi connectivity index (χ0n) is 18.5. The van der Waals surface area contributed by atoms with E-state index in [1.165, 1.54) is 13.2 Å². The SMILES string of the molecule is COc1ccc(C(O)=C2C(=O)C(=O)N(CCCN3CCOCC3)[C@H]2c2ccccc2)cc1Cl. The molecule has 4 rings (SSSR count). The van der Waals surface area contributed by atoms with Gasteiger partial charge in [0.05, 0.1) is 37.0 Å². The van der Waals surface area contributed by atoms with E-state index in [0.717, 1.165) is 25.2 Å². The van der Waals surface area contributed by atoms with E-state index in [-0.39, 0.29) is 11.3 Å². The van der Waals surface area contributed by atoms with Crippen molar-refractivity contribution in [2.45, 2.75) is 12.5 Å². The van der Waals surface area contributed by atoms with Crippen LogP contribution >= 0.6 is 11.6 Å². The molecule has 7 nitrogen and oxygen atoms in total. The van der Waals surface area contributed by atoms with E-state index in [9.17, 15) is 14.7 Å². The average molecular weight is 471 g/mol. The van der Waals surface area contributed by atoms with Crippen molar-refractivity contribution in [3.63, 3.8) is 0 Å². The second-order valence-electron chi connectivity index (χ2n) is 8.06. The maximum absolute atomic E-state index is 13.1. The second kappa shape index (κ2) is 10.4. The molecule has 1 atom stereocenters. The second-order valence-corrected chi connectivity index (χ2v) is 8.47. The third kappa shape index (κ3) is 4.90. The van der Waals surface area contributed by atoms with Crippen LogP contribution < -0.4 is 4.74 Å². The number of halogens is 1. The van der Waals surface area contributed by atoms with Gasteiger partial charge in [0.2, 0.25) is 0 Å². The number of likely N-dealkylation sites (tertiary alicyclic amines) is 1. The summed E-state index contributed by atoms with van der Waals surface area (Å²) in [4.78, 5) is 30.0. The molecule has 2 aliphatic rings. The zero-order chi connectivity index (χ0) is 23.4. The van der Waals surface area contributed by atoms with E-state index in [1.807, 2.05) is 30.3 Å². The van der Waals surface area contributed by atoms with Crippen molar-refractivity contribution in [3.05, 3.63) is 70.3 Å². The van der Waals surface area contributed by atoms with Crippen molar-refractivity contribution in [2.75, 3.05) is 46.5 Å². The summed E-state index contributed by atoms with van der Waals surface area (Å²) in [7, 11) is 1.50. The van der Waals surface area contributed by atoms with E-state index >= 15 is 0 Å². The summed E-state index contributed by atoms with van der Waals surface area (Å²) < 4.78 is 10.6. The number of methoxy groups -OCH3 is 1. The molecule has 2 aromatic carbocycles. The molecule has 0 aliphatic carbocycles. The molecule has 174 valence electrons. The monoisotopic (exact) mass is 470 g/mol. The summed E-state index contributed by atoms with van der Waals surface area (Å²) in [6, 6.07) is 13.4. The fourth-order valence-corrected chi connectivity index (χ4v) is 4.61. The Hall–Kier alpha value is -2.87. The Labute approximate surface area is 198 Å². The number of morpholine rings is 1. The molecule has 0 spiro atoms. The number of aliphatic hydroxyl groups is 1. The molecule has 1 N–H and O–H groups in total. The lowest BCUT2D eigenvalue weighted by molar-refractivity contribution is -0.140. The standard InChI is InChI=1S/C25H27ClN2O5/c1-32-20-9-8-18(16-19(20)26)23(29)21-22(17-6-3-2-4-7-17)28(25(31)24(21)30)11-5-10-27-12-14-33-15-13-27/h2-4,6-9,16,22,29H,5,10-15H2,1H3/t22-/m0/s1. The van der Waals surface area contributed by atoms with Crippen molar-refractivity contribution < 1.29 is 24.2 Å². The number of hydrogen-bond acceptors (Lipinski definition) is 6. The van der Waals surface area contributed by atoms with Crippen LogP contribution in [0.5, 0.6) is 5.75 Å². The molecule has 1 amide bonds. The van der Waals surface area contributed by atoms with E-state index in [4.69, 9.17) is 21.1 Å². The molecule has 8 heteroatoms. The van der Waals surface area contributed by atoms with Crippen LogP contribution in [0.4, 0.5) is 0 Å². The van der Waals surface area contributed by atoms with Crippen LogP contribution in [0.1, 0.15) is 23.6 Å². The van der Waals surface area contributed by atoms with Crippen LogP contribution in [-0.2, 0) is 14.3 Å². The molecular weight excluding hydrogens is 444 g/mol. The number of benzene rings is 2. The molecule has 0 aromatic heterocycles. The molecule has 2 saturated heterocycles. The van der Waals surface area contributed by atoms with Gasteiger partial charge in [-0.15, -0.1) is 0 Å². The minimum atomic E-state index is -0.695. The Bertz CT molecular complexity index is 1050. The molecule has 2 heterocycles. The number of carbonyl (C=O) groups excluding carboxylic acids is 2. The summed E-state index contributed by atoms with van der Waals surface area (Å²) in [6.45, 7) is 4.35. The zero-order valence-corrected chi connectivity index (χ0v) is 19.3. The Morgan fingerprint density at radius 2 is 1.85 bits per heavy atom. The van der Waals surface area contributed by atoms with Crippen LogP contribution in [0.2, 0.25) is 5.02 Å². The molecule has 0 unspecified atom stereocenters. The number of ether oxygens (including phenoxy) is 2. The van der Waals surface area contributed by atoms with Gasteiger partial charge < -0.3 is 19.5 Å². The molecule has 2 aromatic rings. The molecule has 33 heavy (non-hydrogen) atoms. The quantitative estimate of drug-likeness (QED) is 0.379. The number of nitrogens with zero attached hydrogens (tertiary/aromatic N) is 2. The van der Waals surface area contributed by atoms with Gasteiger partial charge in [-0.05, 0) is 30.2 Å². The van der Waals surface area contributed by atoms with Crippen LogP contribution in [0.3, 0.4) is 0 Å². The molecule has 2 fully saturated rings. The van der Waals surface area contributed by atoms with Gasteiger partial charge in [-0.3, -0.25) is 14.5 Å². The lowest BCUT2D eigenvalue weighted by Gasteiger charge is -2.29. The van der Waals surface area contributed by atoms with Crippen molar-refractivity contribution >= 4 is 29.1 Å². The first-order valence-electron chi connectivity index (χ1n) is 11.0. The van der Waals surface area contributed by atoms with Gasteiger partial charge >= 0.3 is 0 Å². The summed E-state index contributed by atoms with van der Waals surface area (Å²) in [5.74, 6) is -1.09. The van der Waals surface area contributed by atoms with Crippen LogP contribution in [0.15, 0.2) is 54.1 Å². The summed E-state index contributed by atoms with van der Waals surface area (Å²) in [5.41, 5.74) is 1.19. The van der Waals surface area contributed by atoms with E-state index < -0.39 is 17.7 Å². The van der Waals surface area contributed by atoms with Gasteiger partial charge in [-0.2, -0.15) is 0 Å². The van der Waals surface area contributed by atoms with Crippen LogP contribution in [0.25, 0.3) is 5.76 Å². The van der Waals surface area contributed by atoms with Gasteiger partial charge in [0.25, 0.3) is 11.7 Å². The third-order valence-corrected chi connectivity index (χ3v) is 6.35. The van der Waals surface area contributed by atoms with Crippen molar-refractivity contribution in [1.29, 1.82) is 0 Å². The number of aliphatic hydroxyl groups excluding tert-OH is 1. The third-order valence-electron chi connectivity index (χ3n) is 6.06. The summed E-state index contributed by atoms with van der Waals surface area (Å²) in [6.07, 6.45) is 0.713. The fourth-order valence-electron chi connectivity index (χ4n) is 4.35. The molecule has 0 saturated carbocycles. The van der Waals surface area contributed by atoms with Gasteiger partial charge in [0, 0.05) is 31.7 Å². The number of amides is 1. The summed E-state index contributed by atoms with van der Waals surface area (Å²) in [5, 5.41) is 11.4. The highest BCUT2D eigenvalue weighted by molar-refractivity contribution is 6.46. The van der Waals surface area contributed by atoms with Crippen LogP contribution in [0, 0.1) is 0 Å². The van der Waals surface area contributed by atoms with Crippen molar-refractivity contribution in [2.24, 2.45) is 0 Å². The molecule has 0 bridgehead atoms. The minimum absolute atomic E-state index is 0.0683. The Balaban J connectivity index is 1.66. The average Bonchev–Trinajstić information content (AvgIpc) is 3.10. The van der Waals surface area contributed by atoms with Gasteiger partial charge in [0.1, 0.15) is 11.5 Å². The Kier molecular flexibility index (Phi) is 7.33. The predicted molar refractivity (Wildman–Crippen MR) is 125 cm³/mol. The van der Waals surface area contributed by atoms with Crippen LogP contribution in [-0.4, -0.2) is 73.1 Å². The maximum Gasteiger partial charge on any atom is 0.295 e.